The van der Waals surface area contributed by atoms with Gasteiger partial charge in [-0.3, -0.25) is 0 Å². The van der Waals surface area contributed by atoms with Crippen LogP contribution in [0, 0.1) is 12.7 Å². The quantitative estimate of drug-likeness (QED) is 0.896. The van der Waals surface area contributed by atoms with Crippen LogP contribution in [-0.4, -0.2) is 52.9 Å². The molecule has 4 rings (SSSR count). The maximum absolute atomic E-state index is 13.5. The van der Waals surface area contributed by atoms with Crippen molar-refractivity contribution in [1.29, 1.82) is 0 Å². The van der Waals surface area contributed by atoms with Crippen LogP contribution in [0.5, 0.6) is 5.75 Å². The molecule has 26 heavy (non-hydrogen) atoms. The molecule has 6 heteroatoms. The Morgan fingerprint density at radius 1 is 1.15 bits per heavy atom. The third-order valence-corrected chi connectivity index (χ3v) is 5.54. The van der Waals surface area contributed by atoms with Gasteiger partial charge in [0.25, 0.3) is 0 Å². The van der Waals surface area contributed by atoms with E-state index < -0.39 is 5.82 Å². The van der Waals surface area contributed by atoms with Crippen molar-refractivity contribution < 1.29 is 9.50 Å². The molecule has 138 valence electrons. The van der Waals surface area contributed by atoms with Crippen LogP contribution >= 0.6 is 0 Å². The predicted octanol–water partition coefficient (Wildman–Crippen LogP) is 3.14. The lowest BCUT2D eigenvalue weighted by Crippen LogP contribution is -2.49. The van der Waals surface area contributed by atoms with E-state index in [0.717, 1.165) is 49.9 Å². The highest BCUT2D eigenvalue weighted by Gasteiger charge is 2.29. The van der Waals surface area contributed by atoms with Gasteiger partial charge in [-0.2, -0.15) is 0 Å². The van der Waals surface area contributed by atoms with Crippen molar-refractivity contribution in [1.82, 2.24) is 15.1 Å². The molecule has 3 heterocycles. The number of anilines is 1. The molecule has 1 unspecified atom stereocenters. The van der Waals surface area contributed by atoms with Gasteiger partial charge in [-0.05, 0) is 69.5 Å². The molecule has 0 aliphatic carbocycles. The molecule has 2 aromatic rings. The number of hydrogen-bond acceptors (Lipinski definition) is 5. The van der Waals surface area contributed by atoms with Crippen molar-refractivity contribution in [3.05, 3.63) is 35.1 Å². The smallest absolute Gasteiger partial charge is 0.154 e. The van der Waals surface area contributed by atoms with Gasteiger partial charge in [0.05, 0.1) is 5.69 Å². The van der Waals surface area contributed by atoms with Crippen molar-refractivity contribution in [2.45, 2.75) is 38.6 Å². The number of hydrogen-bond donors (Lipinski definition) is 1. The number of likely N-dealkylation sites (tertiary alicyclic amines) is 1. The SMILES string of the molecule is Cc1cc(F)cc(O)c1-c1cc2c(nn1)N(C1CCCN(C)C1)CCC2. The second-order valence-corrected chi connectivity index (χ2v) is 7.55. The first kappa shape index (κ1) is 17.2. The maximum atomic E-state index is 13.5. The molecule has 0 saturated carbocycles. The summed E-state index contributed by atoms with van der Waals surface area (Å²) in [5, 5.41) is 19.1. The molecule has 1 saturated heterocycles. The highest BCUT2D eigenvalue weighted by Crippen LogP contribution is 2.35. The molecule has 1 aromatic carbocycles. The lowest BCUT2D eigenvalue weighted by Gasteiger charge is -2.41. The number of phenols is 1. The zero-order valence-electron chi connectivity index (χ0n) is 15.4. The van der Waals surface area contributed by atoms with Gasteiger partial charge in [0.2, 0.25) is 0 Å². The lowest BCUT2D eigenvalue weighted by molar-refractivity contribution is 0.242. The first-order chi connectivity index (χ1) is 12.5. The second-order valence-electron chi connectivity index (χ2n) is 7.55. The van der Waals surface area contributed by atoms with E-state index in [1.807, 2.05) is 6.07 Å². The van der Waals surface area contributed by atoms with E-state index in [0.29, 0.717) is 22.9 Å². The Bertz CT molecular complexity index is 802. The van der Waals surface area contributed by atoms with Gasteiger partial charge in [-0.25, -0.2) is 4.39 Å². The molecular formula is C20H25FN4O. The van der Waals surface area contributed by atoms with Crippen molar-refractivity contribution in [3.8, 4) is 17.0 Å². The molecule has 1 aromatic heterocycles. The van der Waals surface area contributed by atoms with Crippen molar-refractivity contribution in [2.24, 2.45) is 0 Å². The first-order valence-electron chi connectivity index (χ1n) is 9.34. The summed E-state index contributed by atoms with van der Waals surface area (Å²) in [6.07, 6.45) is 4.44. The zero-order valence-corrected chi connectivity index (χ0v) is 15.4. The Labute approximate surface area is 153 Å². The molecule has 1 N–H and O–H groups in total. The predicted molar refractivity (Wildman–Crippen MR) is 100 cm³/mol. The number of aromatic nitrogens is 2. The topological polar surface area (TPSA) is 52.5 Å². The monoisotopic (exact) mass is 356 g/mol. The third kappa shape index (κ3) is 3.14. The number of halogens is 1. The lowest BCUT2D eigenvalue weighted by atomic mass is 9.97. The van der Waals surface area contributed by atoms with Crippen LogP contribution in [0.1, 0.15) is 30.4 Å². The van der Waals surface area contributed by atoms with Crippen LogP contribution in [0.25, 0.3) is 11.3 Å². The Balaban J connectivity index is 1.69. The number of likely N-dealkylation sites (N-methyl/N-ethyl adjacent to an activating group) is 1. The van der Waals surface area contributed by atoms with Gasteiger partial charge in [0.15, 0.2) is 5.82 Å². The summed E-state index contributed by atoms with van der Waals surface area (Å²) in [5.41, 5.74) is 3.01. The summed E-state index contributed by atoms with van der Waals surface area (Å²) in [5.74, 6) is 0.445. The largest absolute Gasteiger partial charge is 0.507 e. The fourth-order valence-electron chi connectivity index (χ4n) is 4.33. The van der Waals surface area contributed by atoms with Gasteiger partial charge >= 0.3 is 0 Å². The standard InChI is InChI=1S/C20H25FN4O/c1-13-9-15(21)11-18(26)19(13)17-10-14-5-3-8-25(20(14)23-22-17)16-6-4-7-24(2)12-16/h9-11,16,26H,3-8,12H2,1-2H3. The Kier molecular flexibility index (Phi) is 4.53. The normalized spacial score (nSPS) is 20.9. The zero-order chi connectivity index (χ0) is 18.3. The van der Waals surface area contributed by atoms with E-state index in [2.05, 4.69) is 27.0 Å². The number of fused-ring (bicyclic) bond motifs is 1. The summed E-state index contributed by atoms with van der Waals surface area (Å²) in [7, 11) is 2.17. The Morgan fingerprint density at radius 3 is 2.77 bits per heavy atom. The molecule has 5 nitrogen and oxygen atoms in total. The van der Waals surface area contributed by atoms with Gasteiger partial charge in [-0.15, -0.1) is 10.2 Å². The third-order valence-electron chi connectivity index (χ3n) is 5.54. The van der Waals surface area contributed by atoms with Crippen LogP contribution in [0.15, 0.2) is 18.2 Å². The number of piperidine rings is 1. The first-order valence-corrected chi connectivity index (χ1v) is 9.34. The molecule has 0 amide bonds. The number of aryl methyl sites for hydroxylation is 2. The van der Waals surface area contributed by atoms with E-state index in [-0.39, 0.29) is 5.75 Å². The molecule has 0 spiro atoms. The molecule has 2 aliphatic heterocycles. The van der Waals surface area contributed by atoms with E-state index in [1.165, 1.54) is 18.9 Å². The molecule has 0 radical (unpaired) electrons. The fourth-order valence-corrected chi connectivity index (χ4v) is 4.33. The van der Waals surface area contributed by atoms with Crippen LogP contribution < -0.4 is 4.90 Å². The van der Waals surface area contributed by atoms with Crippen LogP contribution in [-0.2, 0) is 6.42 Å². The van der Waals surface area contributed by atoms with Crippen LogP contribution in [0.2, 0.25) is 0 Å². The van der Waals surface area contributed by atoms with Crippen LogP contribution in [0.4, 0.5) is 10.2 Å². The number of nitrogens with zero attached hydrogens (tertiary/aromatic N) is 4. The van der Waals surface area contributed by atoms with E-state index in [9.17, 15) is 9.50 Å². The molecule has 1 fully saturated rings. The highest BCUT2D eigenvalue weighted by atomic mass is 19.1. The van der Waals surface area contributed by atoms with Gasteiger partial charge in [0, 0.05) is 30.8 Å². The average Bonchev–Trinajstić information content (AvgIpc) is 2.60. The Hall–Kier alpha value is -2.21. The molecule has 2 aliphatic rings. The van der Waals surface area contributed by atoms with Crippen molar-refractivity contribution in [3.63, 3.8) is 0 Å². The van der Waals surface area contributed by atoms with Gasteiger partial charge in [-0.1, -0.05) is 0 Å². The summed E-state index contributed by atoms with van der Waals surface area (Å²) in [6.45, 7) is 5.01. The van der Waals surface area contributed by atoms with Crippen LogP contribution in [0.3, 0.4) is 0 Å². The highest BCUT2D eigenvalue weighted by molar-refractivity contribution is 5.72. The van der Waals surface area contributed by atoms with Crippen molar-refractivity contribution >= 4 is 5.82 Å². The summed E-state index contributed by atoms with van der Waals surface area (Å²) in [4.78, 5) is 4.78. The fraction of sp³-hybridized carbons (Fsp3) is 0.500. The number of benzene rings is 1. The summed E-state index contributed by atoms with van der Waals surface area (Å²) < 4.78 is 13.5. The summed E-state index contributed by atoms with van der Waals surface area (Å²) in [6, 6.07) is 5.04. The number of phenolic OH excluding ortho intramolecular Hbond substituents is 1. The summed E-state index contributed by atoms with van der Waals surface area (Å²) >= 11 is 0. The van der Waals surface area contributed by atoms with E-state index in [4.69, 9.17) is 0 Å². The minimum absolute atomic E-state index is 0.0849. The van der Waals surface area contributed by atoms with E-state index in [1.54, 1.807) is 6.92 Å². The average molecular weight is 356 g/mol. The van der Waals surface area contributed by atoms with E-state index >= 15 is 0 Å². The van der Waals surface area contributed by atoms with Gasteiger partial charge < -0.3 is 14.9 Å². The molecular weight excluding hydrogens is 331 g/mol. The maximum Gasteiger partial charge on any atom is 0.154 e. The Morgan fingerprint density at radius 2 is 2.00 bits per heavy atom. The molecule has 1 atom stereocenters. The second kappa shape index (κ2) is 6.83. The number of aromatic hydroxyl groups is 1. The molecule has 0 bridgehead atoms. The number of rotatable bonds is 2. The van der Waals surface area contributed by atoms with Gasteiger partial charge in [0.1, 0.15) is 11.6 Å². The van der Waals surface area contributed by atoms with Crippen molar-refractivity contribution in [2.75, 3.05) is 31.6 Å². The minimum Gasteiger partial charge on any atom is -0.507 e. The minimum atomic E-state index is -0.442.